The number of H-pyrrole nitrogens is 1. The van der Waals surface area contributed by atoms with Gasteiger partial charge in [0.05, 0.1) is 0 Å². The predicted octanol–water partition coefficient (Wildman–Crippen LogP) is -0.0165. The average molecular weight is 232 g/mol. The van der Waals surface area contributed by atoms with Gasteiger partial charge >= 0.3 is 0 Å². The fraction of sp³-hybridized carbons (Fsp3) is 0.0714. The van der Waals surface area contributed by atoms with Crippen LogP contribution in [0.4, 0.5) is 0 Å². The van der Waals surface area contributed by atoms with Crippen molar-refractivity contribution >= 4 is 12.2 Å². The molecule has 2 aromatic rings. The Morgan fingerprint density at radius 3 is 2.31 bits per heavy atom. The van der Waals surface area contributed by atoms with E-state index in [9.17, 15) is 0 Å². The number of hydrogen-bond acceptors (Lipinski definition) is 0. The molecular weight excluding hydrogens is 218 g/mol. The van der Waals surface area contributed by atoms with Gasteiger partial charge in [-0.1, -0.05) is 42.0 Å². The van der Waals surface area contributed by atoms with Gasteiger partial charge in [0.1, 0.15) is 0 Å². The second-order valence-electron chi connectivity index (χ2n) is 3.58. The highest BCUT2D eigenvalue weighted by atomic mass is 35.5. The normalized spacial score (nSPS) is 10.1. The van der Waals surface area contributed by atoms with Crippen molar-refractivity contribution in [3.63, 3.8) is 0 Å². The van der Waals surface area contributed by atoms with Crippen LogP contribution >= 0.6 is 0 Å². The molecule has 82 valence electrons. The Balaban J connectivity index is 0.00000128. The van der Waals surface area contributed by atoms with Gasteiger partial charge in [-0.25, -0.2) is 4.98 Å². The van der Waals surface area contributed by atoms with Crippen LogP contribution in [0, 0.1) is 6.92 Å². The lowest BCUT2D eigenvalue weighted by atomic mass is 10.1. The second-order valence-corrected chi connectivity index (χ2v) is 3.58. The fourth-order valence-corrected chi connectivity index (χ4v) is 1.48. The van der Waals surface area contributed by atoms with E-state index in [0.29, 0.717) is 0 Å². The lowest BCUT2D eigenvalue weighted by Gasteiger charge is -1.95. The Labute approximate surface area is 102 Å². The van der Waals surface area contributed by atoms with Gasteiger partial charge in [-0.05, 0) is 18.1 Å². The molecule has 2 rings (SSSR count). The Kier molecular flexibility index (Phi) is 4.74. The van der Waals surface area contributed by atoms with E-state index >= 15 is 0 Å². The second kappa shape index (κ2) is 6.09. The van der Waals surface area contributed by atoms with Crippen LogP contribution in [0.2, 0.25) is 0 Å². The van der Waals surface area contributed by atoms with E-state index < -0.39 is 0 Å². The van der Waals surface area contributed by atoms with Gasteiger partial charge in [0.25, 0.3) is 0 Å². The summed E-state index contributed by atoms with van der Waals surface area (Å²) in [5.74, 6) is 0. The molecule has 1 N–H and O–H groups in total. The molecule has 0 saturated carbocycles. The summed E-state index contributed by atoms with van der Waals surface area (Å²) in [6.07, 6.45) is 8.09. The lowest BCUT2D eigenvalue weighted by molar-refractivity contribution is -0.378. The van der Waals surface area contributed by atoms with Gasteiger partial charge in [0.15, 0.2) is 12.4 Å². The van der Waals surface area contributed by atoms with Crippen LogP contribution < -0.4 is 17.4 Å². The molecule has 0 saturated heterocycles. The number of halogens is 1. The van der Waals surface area contributed by atoms with E-state index in [1.165, 1.54) is 16.7 Å². The van der Waals surface area contributed by atoms with Crippen molar-refractivity contribution < 1.29 is 17.4 Å². The topological polar surface area (TPSA) is 14.1 Å². The Bertz CT molecular complexity index is 463. The molecule has 0 spiro atoms. The van der Waals surface area contributed by atoms with E-state index in [2.05, 4.69) is 48.3 Å². The van der Waals surface area contributed by atoms with Crippen molar-refractivity contribution in [2.45, 2.75) is 6.92 Å². The third kappa shape index (κ3) is 3.52. The molecule has 0 fully saturated rings. The maximum absolute atomic E-state index is 3.01. The fourth-order valence-electron chi connectivity index (χ4n) is 1.48. The van der Waals surface area contributed by atoms with Gasteiger partial charge in [-0.3, -0.25) is 0 Å². The molecular formula is C14H14ClN. The van der Waals surface area contributed by atoms with E-state index in [1.807, 2.05) is 24.5 Å². The molecule has 0 aliphatic carbocycles. The number of aromatic amines is 1. The highest BCUT2D eigenvalue weighted by molar-refractivity contribution is 5.69. The average Bonchev–Trinajstić information content (AvgIpc) is 2.28. The first-order chi connectivity index (χ1) is 7.34. The number of hydrogen-bond donors (Lipinski definition) is 0. The Hall–Kier alpha value is -1.60. The minimum atomic E-state index is 0. The molecule has 1 aromatic carbocycles. The SMILES string of the molecule is Cc1cccc(C=Cc2cc[nH+]cc2)c1.[Cl-]. The lowest BCUT2D eigenvalue weighted by Crippen LogP contribution is -3.00. The maximum Gasteiger partial charge on any atom is 0.167 e. The maximum atomic E-state index is 3.01. The molecule has 2 heteroatoms. The summed E-state index contributed by atoms with van der Waals surface area (Å²) in [7, 11) is 0. The zero-order valence-electron chi connectivity index (χ0n) is 9.15. The molecule has 0 radical (unpaired) electrons. The Morgan fingerprint density at radius 1 is 0.938 bits per heavy atom. The van der Waals surface area contributed by atoms with Crippen LogP contribution in [-0.4, -0.2) is 0 Å². The van der Waals surface area contributed by atoms with Crippen LogP contribution in [0.15, 0.2) is 48.8 Å². The smallest absolute Gasteiger partial charge is 0.167 e. The first-order valence-electron chi connectivity index (χ1n) is 5.05. The van der Waals surface area contributed by atoms with E-state index in [4.69, 9.17) is 0 Å². The largest absolute Gasteiger partial charge is 1.00 e. The third-order valence-electron chi connectivity index (χ3n) is 2.25. The predicted molar refractivity (Wildman–Crippen MR) is 63.1 cm³/mol. The van der Waals surface area contributed by atoms with Crippen LogP contribution in [0.3, 0.4) is 0 Å². The van der Waals surface area contributed by atoms with Crippen LogP contribution in [0.5, 0.6) is 0 Å². The summed E-state index contributed by atoms with van der Waals surface area (Å²) in [5, 5.41) is 0. The van der Waals surface area contributed by atoms with Crippen molar-refractivity contribution in [2.24, 2.45) is 0 Å². The van der Waals surface area contributed by atoms with E-state index in [1.54, 1.807) is 0 Å². The summed E-state index contributed by atoms with van der Waals surface area (Å²) in [6.45, 7) is 2.11. The zero-order valence-corrected chi connectivity index (χ0v) is 9.91. The van der Waals surface area contributed by atoms with Crippen molar-refractivity contribution in [2.75, 3.05) is 0 Å². The van der Waals surface area contributed by atoms with Gasteiger partial charge < -0.3 is 12.4 Å². The summed E-state index contributed by atoms with van der Waals surface area (Å²) >= 11 is 0. The number of benzene rings is 1. The molecule has 0 atom stereocenters. The quantitative estimate of drug-likeness (QED) is 0.690. The van der Waals surface area contributed by atoms with Gasteiger partial charge in [0.2, 0.25) is 0 Å². The molecule has 0 amide bonds. The molecule has 0 aliphatic heterocycles. The molecule has 0 aliphatic rings. The van der Waals surface area contributed by atoms with Crippen LogP contribution in [0.1, 0.15) is 16.7 Å². The van der Waals surface area contributed by atoms with Crippen LogP contribution in [0.25, 0.3) is 12.2 Å². The monoisotopic (exact) mass is 231 g/mol. The summed E-state index contributed by atoms with van der Waals surface area (Å²) < 4.78 is 0. The highest BCUT2D eigenvalue weighted by Gasteiger charge is 1.89. The van der Waals surface area contributed by atoms with Gasteiger partial charge in [0, 0.05) is 12.1 Å². The van der Waals surface area contributed by atoms with E-state index in [0.717, 1.165) is 0 Å². The summed E-state index contributed by atoms with van der Waals surface area (Å²) in [6, 6.07) is 12.6. The highest BCUT2D eigenvalue weighted by Crippen LogP contribution is 2.08. The van der Waals surface area contributed by atoms with Crippen molar-refractivity contribution in [3.8, 4) is 0 Å². The minimum absolute atomic E-state index is 0. The molecule has 1 heterocycles. The molecule has 0 bridgehead atoms. The van der Waals surface area contributed by atoms with Crippen molar-refractivity contribution in [1.29, 1.82) is 0 Å². The standard InChI is InChI=1S/C14H13N.ClH/c1-12-3-2-4-14(11-12)6-5-13-7-9-15-10-8-13;/h2-11H,1H3;1H. The third-order valence-corrected chi connectivity index (χ3v) is 2.25. The van der Waals surface area contributed by atoms with Crippen molar-refractivity contribution in [3.05, 3.63) is 65.5 Å². The molecule has 0 unspecified atom stereocenters. The minimum Gasteiger partial charge on any atom is -1.00 e. The summed E-state index contributed by atoms with van der Waals surface area (Å²) in [5.41, 5.74) is 3.73. The van der Waals surface area contributed by atoms with Gasteiger partial charge in [-0.2, -0.15) is 0 Å². The van der Waals surface area contributed by atoms with E-state index in [-0.39, 0.29) is 12.4 Å². The molecule has 16 heavy (non-hydrogen) atoms. The van der Waals surface area contributed by atoms with Gasteiger partial charge in [-0.15, -0.1) is 0 Å². The number of aryl methyl sites for hydroxylation is 1. The molecule has 1 nitrogen and oxygen atoms in total. The first kappa shape index (κ1) is 12.5. The summed E-state index contributed by atoms with van der Waals surface area (Å²) in [4.78, 5) is 3.01. The number of pyridine rings is 1. The van der Waals surface area contributed by atoms with Crippen molar-refractivity contribution in [1.82, 2.24) is 0 Å². The van der Waals surface area contributed by atoms with Crippen LogP contribution in [-0.2, 0) is 0 Å². The Morgan fingerprint density at radius 2 is 1.62 bits per heavy atom. The first-order valence-corrected chi connectivity index (χ1v) is 5.05. The zero-order chi connectivity index (χ0) is 10.5. The number of aromatic nitrogens is 1. The molecule has 1 aromatic heterocycles. The number of rotatable bonds is 2. The number of nitrogens with one attached hydrogen (secondary N) is 1.